The Morgan fingerprint density at radius 2 is 2.00 bits per heavy atom. The fourth-order valence-corrected chi connectivity index (χ4v) is 3.90. The number of hydrogen-bond acceptors (Lipinski definition) is 3. The SMILES string of the molecule is CC(C)(C)[Si]OC(C)(C)c1cc2n[nH]c(I)c2s1. The van der Waals surface area contributed by atoms with Crippen molar-refractivity contribution in [1.82, 2.24) is 10.2 Å². The Hall–Kier alpha value is 0.0769. The highest BCUT2D eigenvalue weighted by molar-refractivity contribution is 14.1. The average Bonchev–Trinajstić information content (AvgIpc) is 2.78. The van der Waals surface area contributed by atoms with E-state index in [1.165, 1.54) is 9.58 Å². The van der Waals surface area contributed by atoms with E-state index in [0.29, 0.717) is 9.76 Å². The number of thiophene rings is 1. The zero-order valence-corrected chi connectivity index (χ0v) is 15.2. The van der Waals surface area contributed by atoms with Crippen LogP contribution in [0.25, 0.3) is 10.2 Å². The van der Waals surface area contributed by atoms with Crippen LogP contribution in [0.3, 0.4) is 0 Å². The molecule has 2 rings (SSSR count). The number of aromatic amines is 1. The zero-order chi connectivity index (χ0) is 13.6. The molecule has 0 unspecified atom stereocenters. The molecule has 0 aliphatic carbocycles. The lowest BCUT2D eigenvalue weighted by atomic mass is 10.1. The topological polar surface area (TPSA) is 37.9 Å². The van der Waals surface area contributed by atoms with Crippen LogP contribution in [0.5, 0.6) is 0 Å². The second-order valence-corrected chi connectivity index (χ2v) is 9.87. The molecule has 0 aromatic carbocycles. The number of halogens is 1. The Morgan fingerprint density at radius 1 is 1.33 bits per heavy atom. The summed E-state index contributed by atoms with van der Waals surface area (Å²) in [7, 11) is 0.489. The summed E-state index contributed by atoms with van der Waals surface area (Å²) in [6.45, 7) is 10.9. The summed E-state index contributed by atoms with van der Waals surface area (Å²) in [6, 6.07) is 2.13. The third-order valence-corrected chi connectivity index (χ3v) is 6.21. The first-order chi connectivity index (χ1) is 8.19. The van der Waals surface area contributed by atoms with Crippen LogP contribution in [0.15, 0.2) is 6.07 Å². The van der Waals surface area contributed by atoms with Crippen molar-refractivity contribution in [3.05, 3.63) is 14.6 Å². The van der Waals surface area contributed by atoms with Gasteiger partial charge in [-0.3, -0.25) is 5.10 Å². The van der Waals surface area contributed by atoms with E-state index in [9.17, 15) is 0 Å². The summed E-state index contributed by atoms with van der Waals surface area (Å²) in [4.78, 5) is 1.24. The normalized spacial score (nSPS) is 13.4. The van der Waals surface area contributed by atoms with E-state index in [4.69, 9.17) is 4.43 Å². The summed E-state index contributed by atoms with van der Waals surface area (Å²) < 4.78 is 8.44. The lowest BCUT2D eigenvalue weighted by molar-refractivity contribution is 0.113. The minimum absolute atomic E-state index is 0.212. The fourth-order valence-electron chi connectivity index (χ4n) is 1.41. The predicted molar refractivity (Wildman–Crippen MR) is 86.3 cm³/mol. The van der Waals surface area contributed by atoms with E-state index in [0.717, 1.165) is 9.22 Å². The molecule has 0 aliphatic rings. The molecule has 0 spiro atoms. The van der Waals surface area contributed by atoms with Crippen LogP contribution in [0.1, 0.15) is 39.5 Å². The van der Waals surface area contributed by atoms with Gasteiger partial charge in [0.2, 0.25) is 9.76 Å². The Kier molecular flexibility index (Phi) is 3.93. The second kappa shape index (κ2) is 4.88. The van der Waals surface area contributed by atoms with Gasteiger partial charge in [0.25, 0.3) is 0 Å². The van der Waals surface area contributed by atoms with Crippen molar-refractivity contribution in [2.75, 3.05) is 0 Å². The smallest absolute Gasteiger partial charge is 0.237 e. The first kappa shape index (κ1) is 14.5. The maximum Gasteiger partial charge on any atom is 0.237 e. The summed E-state index contributed by atoms with van der Waals surface area (Å²) in [5.41, 5.74) is 0.794. The highest BCUT2D eigenvalue weighted by Crippen LogP contribution is 2.37. The molecule has 2 aromatic heterocycles. The zero-order valence-electron chi connectivity index (χ0n) is 11.2. The van der Waals surface area contributed by atoms with Crippen LogP contribution < -0.4 is 0 Å². The lowest BCUT2D eigenvalue weighted by Crippen LogP contribution is -2.26. The third kappa shape index (κ3) is 3.15. The van der Waals surface area contributed by atoms with Gasteiger partial charge in [-0.05, 0) is 47.5 Å². The van der Waals surface area contributed by atoms with Crippen LogP contribution in [0, 0.1) is 3.70 Å². The van der Waals surface area contributed by atoms with Gasteiger partial charge in [0.1, 0.15) is 9.22 Å². The van der Waals surface area contributed by atoms with Gasteiger partial charge in [-0.25, -0.2) is 0 Å². The highest BCUT2D eigenvalue weighted by Gasteiger charge is 2.27. The number of fused-ring (bicyclic) bond motifs is 1. The first-order valence-electron chi connectivity index (χ1n) is 5.78. The lowest BCUT2D eigenvalue weighted by Gasteiger charge is -2.28. The van der Waals surface area contributed by atoms with E-state index in [1.54, 1.807) is 11.3 Å². The molecule has 2 radical (unpaired) electrons. The predicted octanol–water partition coefficient (Wildman–Crippen LogP) is 4.32. The molecule has 2 aromatic rings. The Bertz CT molecular complexity index is 556. The molecule has 98 valence electrons. The van der Waals surface area contributed by atoms with E-state index in [-0.39, 0.29) is 10.6 Å². The minimum Gasteiger partial charge on any atom is -0.407 e. The maximum atomic E-state index is 6.12. The minimum atomic E-state index is -0.243. The van der Waals surface area contributed by atoms with E-state index >= 15 is 0 Å². The van der Waals surface area contributed by atoms with Crippen LogP contribution in [0.2, 0.25) is 5.04 Å². The fraction of sp³-hybridized carbons (Fsp3) is 0.583. The van der Waals surface area contributed by atoms with Gasteiger partial charge in [-0.2, -0.15) is 5.10 Å². The average molecular weight is 392 g/mol. The number of nitrogens with one attached hydrogen (secondary N) is 1. The number of hydrogen-bond donors (Lipinski definition) is 1. The molecule has 0 amide bonds. The standard InChI is InChI=1S/C12H17IN2OSSi/c1-11(2,3)18-16-12(4,5)8-6-7-9(17-8)10(13)15-14-7/h6H,1-5H3,(H,14,15). The van der Waals surface area contributed by atoms with Crippen molar-refractivity contribution in [3.8, 4) is 0 Å². The maximum absolute atomic E-state index is 6.12. The van der Waals surface area contributed by atoms with Crippen molar-refractivity contribution < 1.29 is 4.43 Å². The van der Waals surface area contributed by atoms with Crippen LogP contribution in [-0.2, 0) is 10.0 Å². The van der Waals surface area contributed by atoms with Crippen molar-refractivity contribution in [3.63, 3.8) is 0 Å². The monoisotopic (exact) mass is 392 g/mol. The largest absolute Gasteiger partial charge is 0.407 e. The van der Waals surface area contributed by atoms with E-state index < -0.39 is 0 Å². The molecule has 0 bridgehead atoms. The van der Waals surface area contributed by atoms with Gasteiger partial charge < -0.3 is 4.43 Å². The quantitative estimate of drug-likeness (QED) is 0.624. The van der Waals surface area contributed by atoms with Crippen molar-refractivity contribution in [1.29, 1.82) is 0 Å². The second-order valence-electron chi connectivity index (χ2n) is 5.83. The van der Waals surface area contributed by atoms with Crippen molar-refractivity contribution in [2.45, 2.75) is 45.3 Å². The van der Waals surface area contributed by atoms with E-state index in [2.05, 4.69) is 73.5 Å². The molecule has 6 heteroatoms. The molecule has 2 heterocycles. The number of nitrogens with zero attached hydrogens (tertiary/aromatic N) is 1. The van der Waals surface area contributed by atoms with Gasteiger partial charge in [-0.15, -0.1) is 11.3 Å². The van der Waals surface area contributed by atoms with Crippen molar-refractivity contribution >= 4 is 53.9 Å². The summed E-state index contributed by atoms with van der Waals surface area (Å²) in [5, 5.41) is 7.50. The molecular weight excluding hydrogens is 375 g/mol. The Labute approximate surface area is 128 Å². The molecule has 0 aliphatic heterocycles. The Balaban J connectivity index is 2.23. The molecule has 0 atom stereocenters. The Morgan fingerprint density at radius 3 is 2.56 bits per heavy atom. The van der Waals surface area contributed by atoms with Gasteiger partial charge in [0, 0.05) is 4.88 Å². The molecule has 18 heavy (non-hydrogen) atoms. The first-order valence-corrected chi connectivity index (χ1v) is 8.58. The van der Waals surface area contributed by atoms with Gasteiger partial charge in [0.05, 0.1) is 10.3 Å². The van der Waals surface area contributed by atoms with Crippen molar-refractivity contribution in [2.24, 2.45) is 0 Å². The summed E-state index contributed by atoms with van der Waals surface area (Å²) in [6.07, 6.45) is 0. The number of rotatable bonds is 3. The van der Waals surface area contributed by atoms with Gasteiger partial charge in [0.15, 0.2) is 0 Å². The molecule has 1 N–H and O–H groups in total. The van der Waals surface area contributed by atoms with E-state index in [1.807, 2.05) is 0 Å². The molecule has 0 saturated heterocycles. The van der Waals surface area contributed by atoms with Crippen LogP contribution in [-0.4, -0.2) is 20.0 Å². The molecule has 0 fully saturated rings. The van der Waals surface area contributed by atoms with Gasteiger partial charge in [-0.1, -0.05) is 20.8 Å². The summed E-state index contributed by atoms with van der Waals surface area (Å²) in [5.74, 6) is 0. The summed E-state index contributed by atoms with van der Waals surface area (Å²) >= 11 is 4.05. The van der Waals surface area contributed by atoms with Crippen LogP contribution >= 0.6 is 33.9 Å². The molecular formula is C12H17IN2OSSi. The third-order valence-electron chi connectivity index (χ3n) is 2.39. The molecule has 0 saturated carbocycles. The van der Waals surface area contributed by atoms with Gasteiger partial charge >= 0.3 is 0 Å². The number of aromatic nitrogens is 2. The van der Waals surface area contributed by atoms with Crippen LogP contribution in [0.4, 0.5) is 0 Å². The molecule has 3 nitrogen and oxygen atoms in total. The number of H-pyrrole nitrogens is 1. The highest BCUT2D eigenvalue weighted by atomic mass is 127.